The van der Waals surface area contributed by atoms with Crippen LogP contribution in [0.25, 0.3) is 112 Å². The zero-order valence-corrected chi connectivity index (χ0v) is 33.2. The highest BCUT2D eigenvalue weighted by molar-refractivity contribution is 6.23. The SMILES string of the molecule is c1ccc(-c2ncc(-c3ccc(-c4cc(-c5cnc(-c6ccccc6)nc5)nc(-n5c6ccccc6c6ccc7c8ccccc8n(-c8ccccc8)c7c65)n4)cc3)cn2)cc1. The van der Waals surface area contributed by atoms with Crippen LogP contribution < -0.4 is 0 Å². The first-order valence-corrected chi connectivity index (χ1v) is 20.5. The molecule has 62 heavy (non-hydrogen) atoms. The zero-order chi connectivity index (χ0) is 41.0. The van der Waals surface area contributed by atoms with Crippen LogP contribution in [0.2, 0.25) is 0 Å². The van der Waals surface area contributed by atoms with Gasteiger partial charge in [0.1, 0.15) is 0 Å². The van der Waals surface area contributed by atoms with Gasteiger partial charge in [-0.05, 0) is 35.9 Å². The second-order valence-corrected chi connectivity index (χ2v) is 15.2. The lowest BCUT2D eigenvalue weighted by Gasteiger charge is -2.14. The molecule has 0 aliphatic rings. The van der Waals surface area contributed by atoms with E-state index >= 15 is 0 Å². The minimum atomic E-state index is 0.544. The molecule has 290 valence electrons. The minimum absolute atomic E-state index is 0.544. The van der Waals surface area contributed by atoms with Gasteiger partial charge in [-0.3, -0.25) is 4.57 Å². The molecule has 12 aromatic rings. The highest BCUT2D eigenvalue weighted by atomic mass is 15.2. The Labute approximate surface area is 356 Å². The van der Waals surface area contributed by atoms with Gasteiger partial charge in [0.25, 0.3) is 0 Å². The quantitative estimate of drug-likeness (QED) is 0.160. The van der Waals surface area contributed by atoms with Crippen LogP contribution in [-0.4, -0.2) is 39.0 Å². The van der Waals surface area contributed by atoms with E-state index in [0.717, 1.165) is 83.0 Å². The predicted molar refractivity (Wildman–Crippen MR) is 249 cm³/mol. The van der Waals surface area contributed by atoms with Crippen LogP contribution in [0.5, 0.6) is 0 Å². The summed E-state index contributed by atoms with van der Waals surface area (Å²) in [7, 11) is 0. The van der Waals surface area contributed by atoms with Crippen LogP contribution in [0.15, 0.2) is 207 Å². The molecule has 8 nitrogen and oxygen atoms in total. The summed E-state index contributed by atoms with van der Waals surface area (Å²) in [4.78, 5) is 29.8. The van der Waals surface area contributed by atoms with Crippen molar-refractivity contribution in [2.75, 3.05) is 0 Å². The van der Waals surface area contributed by atoms with Crippen LogP contribution >= 0.6 is 0 Å². The van der Waals surface area contributed by atoms with Crippen molar-refractivity contribution in [3.8, 4) is 68.1 Å². The van der Waals surface area contributed by atoms with Gasteiger partial charge in [-0.15, -0.1) is 0 Å². The van der Waals surface area contributed by atoms with Gasteiger partial charge in [0.05, 0.1) is 33.5 Å². The number of rotatable bonds is 7. The predicted octanol–water partition coefficient (Wildman–Crippen LogP) is 12.6. The van der Waals surface area contributed by atoms with Crippen molar-refractivity contribution >= 4 is 43.6 Å². The summed E-state index contributed by atoms with van der Waals surface area (Å²) in [5.41, 5.74) is 12.4. The highest BCUT2D eigenvalue weighted by Gasteiger charge is 2.23. The van der Waals surface area contributed by atoms with E-state index in [1.807, 2.05) is 91.5 Å². The Hall–Kier alpha value is -8.62. The van der Waals surface area contributed by atoms with Gasteiger partial charge in [0.2, 0.25) is 5.95 Å². The van der Waals surface area contributed by atoms with E-state index in [0.29, 0.717) is 23.3 Å². The number of nitrogens with zero attached hydrogens (tertiary/aromatic N) is 8. The molecule has 5 heterocycles. The van der Waals surface area contributed by atoms with Gasteiger partial charge in [0.15, 0.2) is 11.6 Å². The summed E-state index contributed by atoms with van der Waals surface area (Å²) in [6, 6.07) is 62.7. The number of para-hydroxylation sites is 3. The molecule has 0 N–H and O–H groups in total. The molecule has 0 aliphatic carbocycles. The average Bonchev–Trinajstić information content (AvgIpc) is 3.88. The first kappa shape index (κ1) is 35.3. The second-order valence-electron chi connectivity index (χ2n) is 15.2. The Morgan fingerprint density at radius 1 is 0.306 bits per heavy atom. The number of hydrogen-bond acceptors (Lipinski definition) is 6. The van der Waals surface area contributed by atoms with E-state index in [1.165, 1.54) is 5.39 Å². The fourth-order valence-corrected chi connectivity index (χ4v) is 8.63. The molecule has 0 fully saturated rings. The lowest BCUT2D eigenvalue weighted by molar-refractivity contribution is 0.993. The molecule has 0 amide bonds. The van der Waals surface area contributed by atoms with E-state index in [2.05, 4.69) is 134 Å². The van der Waals surface area contributed by atoms with Crippen LogP contribution in [0.1, 0.15) is 0 Å². The summed E-state index contributed by atoms with van der Waals surface area (Å²) < 4.78 is 4.61. The Balaban J connectivity index is 1.07. The standard InChI is InChI=1S/C54H34N8/c1-4-14-37(15-5-1)52-55-31-39(32-56-52)35-24-26-36(27-25-35)46-30-47(40-33-57-53(58-34-40)38-16-6-2-7-17-38)60-54(59-46)62-49-23-13-11-21-43(49)45-29-28-44-42-20-10-12-22-48(42)61(50(44)51(45)62)41-18-8-3-9-19-41/h1-34H. The molecule has 8 heteroatoms. The number of hydrogen-bond donors (Lipinski definition) is 0. The van der Waals surface area contributed by atoms with E-state index < -0.39 is 0 Å². The fraction of sp³-hybridized carbons (Fsp3) is 0. The number of aromatic nitrogens is 8. The molecular weight excluding hydrogens is 761 g/mol. The first-order valence-electron chi connectivity index (χ1n) is 20.5. The minimum Gasteiger partial charge on any atom is -0.307 e. The van der Waals surface area contributed by atoms with Gasteiger partial charge >= 0.3 is 0 Å². The maximum atomic E-state index is 5.42. The molecule has 0 saturated carbocycles. The summed E-state index contributed by atoms with van der Waals surface area (Å²) in [6.07, 6.45) is 7.46. The summed E-state index contributed by atoms with van der Waals surface area (Å²) in [5.74, 6) is 1.89. The molecule has 0 spiro atoms. The first-order chi connectivity index (χ1) is 30.7. The Morgan fingerprint density at radius 2 is 0.742 bits per heavy atom. The van der Waals surface area contributed by atoms with Crippen molar-refractivity contribution in [1.29, 1.82) is 0 Å². The molecular formula is C54H34N8. The Morgan fingerprint density at radius 3 is 1.31 bits per heavy atom. The van der Waals surface area contributed by atoms with Gasteiger partial charge < -0.3 is 4.57 Å². The van der Waals surface area contributed by atoms with Crippen LogP contribution in [0, 0.1) is 0 Å². The van der Waals surface area contributed by atoms with Crippen LogP contribution in [-0.2, 0) is 0 Å². The molecule has 12 rings (SSSR count). The highest BCUT2D eigenvalue weighted by Crippen LogP contribution is 2.42. The summed E-state index contributed by atoms with van der Waals surface area (Å²) in [6.45, 7) is 0. The molecule has 0 radical (unpaired) electrons. The molecule has 0 unspecified atom stereocenters. The van der Waals surface area contributed by atoms with Crippen molar-refractivity contribution in [3.63, 3.8) is 0 Å². The van der Waals surface area contributed by atoms with Crippen LogP contribution in [0.3, 0.4) is 0 Å². The summed E-state index contributed by atoms with van der Waals surface area (Å²) >= 11 is 0. The molecule has 0 bridgehead atoms. The van der Waals surface area contributed by atoms with Gasteiger partial charge in [-0.2, -0.15) is 0 Å². The number of fused-ring (bicyclic) bond motifs is 7. The Kier molecular flexibility index (Phi) is 8.31. The second kappa shape index (κ2) is 14.6. The van der Waals surface area contributed by atoms with Crippen LogP contribution in [0.4, 0.5) is 0 Å². The van der Waals surface area contributed by atoms with Crippen molar-refractivity contribution in [1.82, 2.24) is 39.0 Å². The third-order valence-electron chi connectivity index (χ3n) is 11.6. The molecule has 5 aromatic heterocycles. The Bertz CT molecular complexity index is 3580. The summed E-state index contributed by atoms with van der Waals surface area (Å²) in [5, 5.41) is 4.56. The van der Waals surface area contributed by atoms with Gasteiger partial charge in [0, 0.05) is 79.8 Å². The van der Waals surface area contributed by atoms with Gasteiger partial charge in [-0.25, -0.2) is 29.9 Å². The molecule has 0 atom stereocenters. The fourth-order valence-electron chi connectivity index (χ4n) is 8.63. The van der Waals surface area contributed by atoms with E-state index in [4.69, 9.17) is 19.9 Å². The van der Waals surface area contributed by atoms with E-state index in [9.17, 15) is 0 Å². The van der Waals surface area contributed by atoms with Crippen molar-refractivity contribution in [2.24, 2.45) is 0 Å². The van der Waals surface area contributed by atoms with E-state index in [-0.39, 0.29) is 0 Å². The lowest BCUT2D eigenvalue weighted by atomic mass is 10.0. The lowest BCUT2D eigenvalue weighted by Crippen LogP contribution is -2.05. The zero-order valence-electron chi connectivity index (χ0n) is 33.2. The van der Waals surface area contributed by atoms with Crippen molar-refractivity contribution in [3.05, 3.63) is 207 Å². The molecule has 7 aromatic carbocycles. The average molecular weight is 795 g/mol. The van der Waals surface area contributed by atoms with Gasteiger partial charge in [-0.1, -0.05) is 152 Å². The monoisotopic (exact) mass is 794 g/mol. The number of benzene rings is 7. The maximum absolute atomic E-state index is 5.42. The third-order valence-corrected chi connectivity index (χ3v) is 11.6. The third kappa shape index (κ3) is 5.92. The van der Waals surface area contributed by atoms with E-state index in [1.54, 1.807) is 0 Å². The van der Waals surface area contributed by atoms with Crippen molar-refractivity contribution < 1.29 is 0 Å². The molecule has 0 saturated heterocycles. The topological polar surface area (TPSA) is 87.2 Å². The largest absolute Gasteiger partial charge is 0.307 e. The maximum Gasteiger partial charge on any atom is 0.235 e. The van der Waals surface area contributed by atoms with Crippen molar-refractivity contribution in [2.45, 2.75) is 0 Å². The normalized spacial score (nSPS) is 11.5. The molecule has 0 aliphatic heterocycles. The smallest absolute Gasteiger partial charge is 0.235 e.